The molecule has 0 N–H and O–H groups in total. The SMILES string of the molecule is CCN1CCN(C(=O)c2nnc3nc(C)ccn23)[C@H](C)C1=O. The van der Waals surface area contributed by atoms with Crippen LogP contribution >= 0.6 is 0 Å². The molecule has 22 heavy (non-hydrogen) atoms. The molecule has 2 amide bonds. The Morgan fingerprint density at radius 3 is 2.86 bits per heavy atom. The fraction of sp³-hybridized carbons (Fsp3) is 0.500. The molecule has 3 rings (SSSR count). The Morgan fingerprint density at radius 2 is 2.14 bits per heavy atom. The Morgan fingerprint density at radius 1 is 1.36 bits per heavy atom. The average molecular weight is 302 g/mol. The predicted molar refractivity (Wildman–Crippen MR) is 78.3 cm³/mol. The molecule has 1 atom stereocenters. The van der Waals surface area contributed by atoms with Crippen LogP contribution in [-0.2, 0) is 4.79 Å². The minimum Gasteiger partial charge on any atom is -0.339 e. The number of likely N-dealkylation sites (N-methyl/N-ethyl adjacent to an activating group) is 1. The van der Waals surface area contributed by atoms with Crippen LogP contribution in [0.1, 0.15) is 30.2 Å². The van der Waals surface area contributed by atoms with Gasteiger partial charge in [0, 0.05) is 31.5 Å². The monoisotopic (exact) mass is 302 g/mol. The van der Waals surface area contributed by atoms with Gasteiger partial charge in [0.25, 0.3) is 11.7 Å². The van der Waals surface area contributed by atoms with E-state index in [4.69, 9.17) is 0 Å². The fourth-order valence-corrected chi connectivity index (χ4v) is 2.67. The largest absolute Gasteiger partial charge is 0.339 e. The first-order chi connectivity index (χ1) is 10.5. The summed E-state index contributed by atoms with van der Waals surface area (Å²) < 4.78 is 1.55. The molecule has 3 heterocycles. The molecule has 0 spiro atoms. The van der Waals surface area contributed by atoms with Crippen LogP contribution in [0.3, 0.4) is 0 Å². The molecule has 0 radical (unpaired) electrons. The molecule has 1 saturated heterocycles. The quantitative estimate of drug-likeness (QED) is 0.787. The van der Waals surface area contributed by atoms with Crippen molar-refractivity contribution in [3.63, 3.8) is 0 Å². The molecule has 116 valence electrons. The maximum atomic E-state index is 12.7. The van der Waals surface area contributed by atoms with E-state index in [9.17, 15) is 9.59 Å². The zero-order valence-corrected chi connectivity index (χ0v) is 12.9. The van der Waals surface area contributed by atoms with Gasteiger partial charge in [0.05, 0.1) is 0 Å². The highest BCUT2D eigenvalue weighted by Gasteiger charge is 2.35. The van der Waals surface area contributed by atoms with Gasteiger partial charge in [0.1, 0.15) is 6.04 Å². The summed E-state index contributed by atoms with van der Waals surface area (Å²) in [6.07, 6.45) is 1.72. The molecule has 0 saturated carbocycles. The third-order valence-corrected chi connectivity index (χ3v) is 4.00. The summed E-state index contributed by atoms with van der Waals surface area (Å²) in [5.74, 6) is 0.237. The van der Waals surface area contributed by atoms with Gasteiger partial charge in [-0.05, 0) is 26.8 Å². The number of aromatic nitrogens is 4. The van der Waals surface area contributed by atoms with Gasteiger partial charge in [-0.2, -0.15) is 0 Å². The van der Waals surface area contributed by atoms with E-state index in [-0.39, 0.29) is 17.6 Å². The van der Waals surface area contributed by atoms with Gasteiger partial charge in [-0.1, -0.05) is 0 Å². The molecule has 0 aromatic carbocycles. The summed E-state index contributed by atoms with van der Waals surface area (Å²) in [6.45, 7) is 7.21. The molecular weight excluding hydrogens is 284 g/mol. The van der Waals surface area contributed by atoms with E-state index in [1.54, 1.807) is 33.4 Å². The Balaban J connectivity index is 1.91. The minimum absolute atomic E-state index is 0.0371. The molecule has 2 aromatic heterocycles. The van der Waals surface area contributed by atoms with Gasteiger partial charge in [0.2, 0.25) is 11.7 Å². The van der Waals surface area contributed by atoms with Crippen molar-refractivity contribution in [2.24, 2.45) is 0 Å². The summed E-state index contributed by atoms with van der Waals surface area (Å²) in [7, 11) is 0. The first-order valence-corrected chi connectivity index (χ1v) is 7.31. The summed E-state index contributed by atoms with van der Waals surface area (Å²) >= 11 is 0. The Hall–Kier alpha value is -2.51. The van der Waals surface area contributed by atoms with Gasteiger partial charge in [-0.3, -0.25) is 14.0 Å². The van der Waals surface area contributed by atoms with Crippen molar-refractivity contribution >= 4 is 17.6 Å². The van der Waals surface area contributed by atoms with Crippen LogP contribution in [0.4, 0.5) is 0 Å². The highest BCUT2D eigenvalue weighted by molar-refractivity contribution is 5.96. The lowest BCUT2D eigenvalue weighted by Crippen LogP contribution is -2.57. The molecule has 1 aliphatic rings. The number of fused-ring (bicyclic) bond motifs is 1. The van der Waals surface area contributed by atoms with Gasteiger partial charge < -0.3 is 9.80 Å². The van der Waals surface area contributed by atoms with Gasteiger partial charge >= 0.3 is 0 Å². The van der Waals surface area contributed by atoms with Gasteiger partial charge in [0.15, 0.2) is 0 Å². The van der Waals surface area contributed by atoms with Crippen LogP contribution in [0.2, 0.25) is 0 Å². The highest BCUT2D eigenvalue weighted by Crippen LogP contribution is 2.15. The van der Waals surface area contributed by atoms with E-state index >= 15 is 0 Å². The van der Waals surface area contributed by atoms with Crippen molar-refractivity contribution in [1.82, 2.24) is 29.4 Å². The first-order valence-electron chi connectivity index (χ1n) is 7.31. The Bertz CT molecular complexity index is 740. The van der Waals surface area contributed by atoms with E-state index in [0.717, 1.165) is 5.69 Å². The fourth-order valence-electron chi connectivity index (χ4n) is 2.67. The van der Waals surface area contributed by atoms with E-state index < -0.39 is 6.04 Å². The number of rotatable bonds is 2. The molecule has 2 aromatic rings. The Kier molecular flexibility index (Phi) is 3.51. The zero-order chi connectivity index (χ0) is 15.9. The smallest absolute Gasteiger partial charge is 0.292 e. The molecule has 0 bridgehead atoms. The van der Waals surface area contributed by atoms with Gasteiger partial charge in [-0.15, -0.1) is 10.2 Å². The van der Waals surface area contributed by atoms with E-state index in [1.807, 2.05) is 13.8 Å². The topological polar surface area (TPSA) is 83.7 Å². The lowest BCUT2D eigenvalue weighted by molar-refractivity contribution is -0.139. The lowest BCUT2D eigenvalue weighted by atomic mass is 10.1. The second-order valence-corrected chi connectivity index (χ2v) is 5.35. The number of hydrogen-bond acceptors (Lipinski definition) is 5. The molecule has 0 unspecified atom stereocenters. The van der Waals surface area contributed by atoms with E-state index in [2.05, 4.69) is 15.2 Å². The van der Waals surface area contributed by atoms with E-state index in [0.29, 0.717) is 25.4 Å². The van der Waals surface area contributed by atoms with Crippen molar-refractivity contribution in [1.29, 1.82) is 0 Å². The number of nitrogens with zero attached hydrogens (tertiary/aromatic N) is 6. The van der Waals surface area contributed by atoms with Crippen LogP contribution in [-0.4, -0.2) is 66.9 Å². The van der Waals surface area contributed by atoms with Crippen molar-refractivity contribution in [3.05, 3.63) is 23.8 Å². The third-order valence-electron chi connectivity index (χ3n) is 4.00. The normalized spacial score (nSPS) is 19.0. The predicted octanol–water partition coefficient (Wildman–Crippen LogP) is 0.126. The van der Waals surface area contributed by atoms with Crippen molar-refractivity contribution in [2.75, 3.05) is 19.6 Å². The summed E-state index contributed by atoms with van der Waals surface area (Å²) in [5, 5.41) is 7.87. The summed E-state index contributed by atoms with van der Waals surface area (Å²) in [4.78, 5) is 32.5. The van der Waals surface area contributed by atoms with Crippen molar-refractivity contribution in [2.45, 2.75) is 26.8 Å². The number of amides is 2. The van der Waals surface area contributed by atoms with E-state index in [1.165, 1.54) is 0 Å². The second kappa shape index (κ2) is 5.36. The van der Waals surface area contributed by atoms with Crippen LogP contribution < -0.4 is 0 Å². The lowest BCUT2D eigenvalue weighted by Gasteiger charge is -2.38. The number of carbonyl (C=O) groups excluding carboxylic acids is 2. The number of hydrogen-bond donors (Lipinski definition) is 0. The van der Waals surface area contributed by atoms with Crippen molar-refractivity contribution < 1.29 is 9.59 Å². The second-order valence-electron chi connectivity index (χ2n) is 5.35. The van der Waals surface area contributed by atoms with Crippen molar-refractivity contribution in [3.8, 4) is 0 Å². The minimum atomic E-state index is -0.494. The highest BCUT2D eigenvalue weighted by atomic mass is 16.2. The maximum absolute atomic E-state index is 12.7. The Labute approximate surface area is 127 Å². The molecule has 8 heteroatoms. The average Bonchev–Trinajstić information content (AvgIpc) is 2.92. The van der Waals surface area contributed by atoms with Crippen LogP contribution in [0.25, 0.3) is 5.78 Å². The summed E-state index contributed by atoms with van der Waals surface area (Å²) in [6, 6.07) is 1.29. The third kappa shape index (κ3) is 2.20. The van der Waals surface area contributed by atoms with Crippen LogP contribution in [0.15, 0.2) is 12.3 Å². The molecular formula is C14H18N6O2. The molecule has 0 aliphatic carbocycles. The van der Waals surface area contributed by atoms with Gasteiger partial charge in [-0.25, -0.2) is 4.98 Å². The first kappa shape index (κ1) is 14.4. The van der Waals surface area contributed by atoms with Crippen LogP contribution in [0, 0.1) is 6.92 Å². The maximum Gasteiger partial charge on any atom is 0.292 e. The molecule has 8 nitrogen and oxygen atoms in total. The number of carbonyl (C=O) groups is 2. The molecule has 1 aliphatic heterocycles. The zero-order valence-electron chi connectivity index (χ0n) is 12.9. The summed E-state index contributed by atoms with van der Waals surface area (Å²) in [5.41, 5.74) is 0.805. The standard InChI is InChI=1S/C14H18N6O2/c1-4-18-7-8-19(10(3)12(18)21)13(22)11-16-17-14-15-9(2)5-6-20(11)14/h5-6,10H,4,7-8H2,1-3H3/t10-/m1/s1. The number of piperazine rings is 1. The van der Waals surface area contributed by atoms with Crippen LogP contribution in [0.5, 0.6) is 0 Å². The number of aryl methyl sites for hydroxylation is 1. The molecule has 1 fully saturated rings.